The van der Waals surface area contributed by atoms with E-state index in [2.05, 4.69) is 78.1 Å². The summed E-state index contributed by atoms with van der Waals surface area (Å²) >= 11 is 0. The number of hydrogen-bond donors (Lipinski definition) is 2. The van der Waals surface area contributed by atoms with E-state index in [0.717, 1.165) is 24.0 Å². The highest BCUT2D eigenvalue weighted by Gasteiger charge is 2.29. The van der Waals surface area contributed by atoms with Gasteiger partial charge in [0.25, 0.3) is 0 Å². The lowest BCUT2D eigenvalue weighted by Gasteiger charge is -2.29. The highest BCUT2D eigenvalue weighted by molar-refractivity contribution is 5.39. The fourth-order valence-electron chi connectivity index (χ4n) is 3.85. The summed E-state index contributed by atoms with van der Waals surface area (Å²) in [6.45, 7) is 0. The molecule has 0 aliphatic carbocycles. The van der Waals surface area contributed by atoms with Crippen LogP contribution < -0.4 is 5.32 Å². The molecule has 150 valence electrons. The van der Waals surface area contributed by atoms with Crippen molar-refractivity contribution >= 4 is 0 Å². The minimum Gasteiger partial charge on any atom is -0.367 e. The predicted octanol–water partition coefficient (Wildman–Crippen LogP) is 5.28. The maximum atomic E-state index is 11.4. The van der Waals surface area contributed by atoms with E-state index in [4.69, 9.17) is 0 Å². The van der Waals surface area contributed by atoms with Crippen molar-refractivity contribution < 1.29 is 5.11 Å². The topological polar surface area (TPSA) is 32.3 Å². The number of benzene rings is 4. The molecular formula is C28H27NO. The van der Waals surface area contributed by atoms with E-state index in [1.54, 1.807) is 7.05 Å². The Kier molecular flexibility index (Phi) is 6.08. The molecule has 0 fully saturated rings. The van der Waals surface area contributed by atoms with E-state index in [9.17, 15) is 5.11 Å². The molecule has 4 rings (SSSR count). The Labute approximate surface area is 178 Å². The molecule has 4 aromatic carbocycles. The second-order valence-electron chi connectivity index (χ2n) is 7.68. The monoisotopic (exact) mass is 393 g/mol. The van der Waals surface area contributed by atoms with Gasteiger partial charge in [0.1, 0.15) is 0 Å². The van der Waals surface area contributed by atoms with E-state index in [-0.39, 0.29) is 0 Å². The highest BCUT2D eigenvalue weighted by atomic mass is 16.3. The predicted molar refractivity (Wildman–Crippen MR) is 123 cm³/mol. The van der Waals surface area contributed by atoms with Crippen LogP contribution in [-0.2, 0) is 18.6 Å². The van der Waals surface area contributed by atoms with Crippen molar-refractivity contribution in [3.8, 4) is 0 Å². The molecular weight excluding hydrogens is 366 g/mol. The lowest BCUT2D eigenvalue weighted by Crippen LogP contribution is -2.40. The van der Waals surface area contributed by atoms with Crippen molar-refractivity contribution in [2.75, 3.05) is 7.05 Å². The van der Waals surface area contributed by atoms with Gasteiger partial charge in [-0.15, -0.1) is 0 Å². The second-order valence-corrected chi connectivity index (χ2v) is 7.68. The van der Waals surface area contributed by atoms with Gasteiger partial charge in [0.2, 0.25) is 0 Å². The average molecular weight is 394 g/mol. The number of rotatable bonds is 7. The first-order valence-corrected chi connectivity index (χ1v) is 10.4. The van der Waals surface area contributed by atoms with Crippen LogP contribution in [0.4, 0.5) is 0 Å². The van der Waals surface area contributed by atoms with E-state index >= 15 is 0 Å². The first-order valence-electron chi connectivity index (χ1n) is 10.4. The zero-order valence-electron chi connectivity index (χ0n) is 17.3. The SMILES string of the molecule is CNC(O)(c1ccc(Cc2ccccc2)cc1)c1ccc(Cc2ccccc2)cc1. The molecule has 0 amide bonds. The summed E-state index contributed by atoms with van der Waals surface area (Å²) in [5.74, 6) is 0. The number of aliphatic hydroxyl groups is 1. The molecule has 2 N–H and O–H groups in total. The van der Waals surface area contributed by atoms with Crippen molar-refractivity contribution in [2.24, 2.45) is 0 Å². The summed E-state index contributed by atoms with van der Waals surface area (Å²) in [4.78, 5) is 0. The molecule has 0 atom stereocenters. The van der Waals surface area contributed by atoms with Gasteiger partial charge in [-0.2, -0.15) is 0 Å². The Morgan fingerprint density at radius 1 is 0.533 bits per heavy atom. The third-order valence-corrected chi connectivity index (χ3v) is 5.61. The molecule has 4 aromatic rings. The van der Waals surface area contributed by atoms with Crippen LogP contribution in [0.3, 0.4) is 0 Å². The molecule has 0 aliphatic heterocycles. The third-order valence-electron chi connectivity index (χ3n) is 5.61. The largest absolute Gasteiger partial charge is 0.367 e. The molecule has 0 heterocycles. The van der Waals surface area contributed by atoms with Gasteiger partial charge in [-0.1, -0.05) is 109 Å². The van der Waals surface area contributed by atoms with E-state index in [0.29, 0.717) is 0 Å². The van der Waals surface area contributed by atoms with Crippen molar-refractivity contribution in [1.29, 1.82) is 0 Å². The summed E-state index contributed by atoms with van der Waals surface area (Å²) in [7, 11) is 1.79. The molecule has 2 nitrogen and oxygen atoms in total. The van der Waals surface area contributed by atoms with Gasteiger partial charge in [-0.3, -0.25) is 5.32 Å². The summed E-state index contributed by atoms with van der Waals surface area (Å²) < 4.78 is 0. The Morgan fingerprint density at radius 3 is 1.20 bits per heavy atom. The van der Waals surface area contributed by atoms with Crippen LogP contribution in [-0.4, -0.2) is 12.2 Å². The van der Waals surface area contributed by atoms with E-state index in [1.165, 1.54) is 22.3 Å². The Balaban J connectivity index is 1.52. The Bertz CT molecular complexity index is 970. The maximum Gasteiger partial charge on any atom is 0.168 e. The van der Waals surface area contributed by atoms with Crippen molar-refractivity contribution in [3.63, 3.8) is 0 Å². The van der Waals surface area contributed by atoms with Crippen LogP contribution in [0.1, 0.15) is 33.4 Å². The van der Waals surface area contributed by atoms with Gasteiger partial charge >= 0.3 is 0 Å². The summed E-state index contributed by atoms with van der Waals surface area (Å²) in [5.41, 5.74) is 5.45. The molecule has 0 saturated heterocycles. The molecule has 30 heavy (non-hydrogen) atoms. The standard InChI is InChI=1S/C28H27NO/c1-29-28(30,26-16-12-24(13-17-26)20-22-8-4-2-5-9-22)27-18-14-25(15-19-27)21-23-10-6-3-7-11-23/h2-19,29-30H,20-21H2,1H3. The van der Waals surface area contributed by atoms with Crippen molar-refractivity contribution in [2.45, 2.75) is 18.6 Å². The van der Waals surface area contributed by atoms with Crippen LogP contribution >= 0.6 is 0 Å². The van der Waals surface area contributed by atoms with Gasteiger partial charge in [0, 0.05) is 11.1 Å². The lowest BCUT2D eigenvalue weighted by atomic mass is 9.91. The van der Waals surface area contributed by atoms with Gasteiger partial charge in [-0.05, 0) is 42.1 Å². The van der Waals surface area contributed by atoms with Crippen molar-refractivity contribution in [3.05, 3.63) is 143 Å². The van der Waals surface area contributed by atoms with Crippen LogP contribution in [0, 0.1) is 0 Å². The molecule has 0 unspecified atom stereocenters. The van der Waals surface area contributed by atoms with E-state index in [1.807, 2.05) is 36.4 Å². The zero-order valence-corrected chi connectivity index (χ0v) is 17.3. The molecule has 0 aromatic heterocycles. The summed E-state index contributed by atoms with van der Waals surface area (Å²) in [5, 5.41) is 14.5. The minimum absolute atomic E-state index is 0.831. The van der Waals surface area contributed by atoms with Crippen LogP contribution in [0.25, 0.3) is 0 Å². The smallest absolute Gasteiger partial charge is 0.168 e. The molecule has 0 bridgehead atoms. The van der Waals surface area contributed by atoms with Crippen LogP contribution in [0.5, 0.6) is 0 Å². The minimum atomic E-state index is -1.23. The summed E-state index contributed by atoms with van der Waals surface area (Å²) in [6.07, 6.45) is 1.76. The van der Waals surface area contributed by atoms with Crippen LogP contribution in [0.15, 0.2) is 109 Å². The molecule has 0 saturated carbocycles. The zero-order chi connectivity index (χ0) is 20.8. The molecule has 2 heteroatoms. The fourth-order valence-corrected chi connectivity index (χ4v) is 3.85. The lowest BCUT2D eigenvalue weighted by molar-refractivity contribution is 0.0516. The molecule has 0 radical (unpaired) electrons. The van der Waals surface area contributed by atoms with Gasteiger partial charge < -0.3 is 5.11 Å². The number of nitrogens with one attached hydrogen (secondary N) is 1. The maximum absolute atomic E-state index is 11.4. The van der Waals surface area contributed by atoms with E-state index < -0.39 is 5.72 Å². The average Bonchev–Trinajstić information content (AvgIpc) is 2.81. The van der Waals surface area contributed by atoms with Gasteiger partial charge in [0.15, 0.2) is 5.72 Å². The van der Waals surface area contributed by atoms with Gasteiger partial charge in [-0.25, -0.2) is 0 Å². The normalized spacial score (nSPS) is 11.4. The third kappa shape index (κ3) is 4.51. The van der Waals surface area contributed by atoms with Crippen LogP contribution in [0.2, 0.25) is 0 Å². The quantitative estimate of drug-likeness (QED) is 0.419. The van der Waals surface area contributed by atoms with Crippen molar-refractivity contribution in [1.82, 2.24) is 5.32 Å². The Hall–Kier alpha value is -3.20. The first-order chi connectivity index (χ1) is 14.7. The molecule has 0 aliphatic rings. The number of hydrogen-bond acceptors (Lipinski definition) is 2. The highest BCUT2D eigenvalue weighted by Crippen LogP contribution is 2.28. The first kappa shape index (κ1) is 20.1. The Morgan fingerprint density at radius 2 is 0.867 bits per heavy atom. The summed E-state index contributed by atoms with van der Waals surface area (Å²) in [6, 6.07) is 37.2. The van der Waals surface area contributed by atoms with Gasteiger partial charge in [0.05, 0.1) is 0 Å². The second kappa shape index (κ2) is 9.08. The fraction of sp³-hybridized carbons (Fsp3) is 0.143. The molecule has 0 spiro atoms.